The van der Waals surface area contributed by atoms with Crippen LogP contribution in [0.5, 0.6) is 0 Å². The third-order valence-electron chi connectivity index (χ3n) is 5.88. The fourth-order valence-corrected chi connectivity index (χ4v) is 6.62. The summed E-state index contributed by atoms with van der Waals surface area (Å²) >= 11 is -3.27. The number of fused-ring (bicyclic) bond motifs is 8. The van der Waals surface area contributed by atoms with Crippen LogP contribution in [-0.2, 0) is 28.4 Å². The van der Waals surface area contributed by atoms with Gasteiger partial charge < -0.3 is 9.97 Å². The minimum atomic E-state index is -3.27. The summed E-state index contributed by atoms with van der Waals surface area (Å²) in [7, 11) is 6.01. The number of aromatic nitrogens is 4. The molecule has 8 bridgehead atoms. The van der Waals surface area contributed by atoms with E-state index in [1.807, 2.05) is 78.9 Å². The number of benzene rings is 1. The number of nitrogens with one attached hydrogen (secondary N) is 2. The Hall–Kier alpha value is -3.82. The molecule has 39 heavy (non-hydrogen) atoms. The molecule has 0 spiro atoms. The summed E-state index contributed by atoms with van der Waals surface area (Å²) in [5, 5.41) is 0. The normalized spacial score (nSPS) is 13.4. The van der Waals surface area contributed by atoms with Crippen LogP contribution in [0.4, 0.5) is 0 Å². The van der Waals surface area contributed by atoms with Gasteiger partial charge in [-0.3, -0.25) is 0 Å². The van der Waals surface area contributed by atoms with E-state index in [9.17, 15) is 0 Å². The van der Waals surface area contributed by atoms with Gasteiger partial charge in [0.1, 0.15) is 0 Å². The number of rotatable bonds is 5. The second kappa shape index (κ2) is 11.1. The standard InChI is InChI=1S/C20H14N4.C6H5.4CH3O.Cu/c1-2-14-10-16-5-6-18(23-16)12-20-8-7-19(24-20)11-17-4-3-15(22-17)9-13(1)21-14;1-2-4-6-5-3-1;4*1-2;/h1-12,21,24H;1-5H;4*1H3;/q;;4*-1;+4. The molecule has 0 amide bonds. The first kappa shape index (κ1) is 26.8. The number of hydrogen-bond acceptors (Lipinski definition) is 6. The maximum absolute atomic E-state index is 5.40. The molecular formula is C30H31CuN4O4. The van der Waals surface area contributed by atoms with Gasteiger partial charge in [-0.15, -0.1) is 0 Å². The van der Waals surface area contributed by atoms with Crippen molar-refractivity contribution in [1.82, 2.24) is 19.9 Å². The molecule has 2 aliphatic rings. The van der Waals surface area contributed by atoms with Gasteiger partial charge in [0.05, 0.1) is 22.8 Å². The van der Waals surface area contributed by atoms with E-state index in [0.29, 0.717) is 0 Å². The third-order valence-corrected chi connectivity index (χ3v) is 9.74. The van der Waals surface area contributed by atoms with E-state index in [-0.39, 0.29) is 0 Å². The van der Waals surface area contributed by atoms with Gasteiger partial charge in [0, 0.05) is 22.1 Å². The maximum atomic E-state index is 5.40. The van der Waals surface area contributed by atoms with Crippen LogP contribution >= 0.6 is 0 Å². The molecule has 6 rings (SSSR count). The average molecular weight is 575 g/mol. The monoisotopic (exact) mass is 574 g/mol. The molecule has 4 aromatic rings. The van der Waals surface area contributed by atoms with Crippen molar-refractivity contribution in [2.24, 2.45) is 0 Å². The van der Waals surface area contributed by atoms with Crippen LogP contribution in [0.3, 0.4) is 0 Å². The first-order valence-electron chi connectivity index (χ1n) is 12.0. The molecule has 1 aromatic carbocycles. The van der Waals surface area contributed by atoms with Crippen molar-refractivity contribution >= 4 is 50.8 Å². The van der Waals surface area contributed by atoms with Crippen LogP contribution in [0.25, 0.3) is 46.4 Å². The fraction of sp³-hybridized carbons (Fsp3) is 0.133. The second-order valence-electron chi connectivity index (χ2n) is 8.20. The van der Waals surface area contributed by atoms with Gasteiger partial charge in [0.15, 0.2) is 0 Å². The van der Waals surface area contributed by atoms with Gasteiger partial charge in [-0.05, 0) is 72.8 Å². The van der Waals surface area contributed by atoms with E-state index in [1.165, 1.54) is 28.4 Å². The molecule has 3 aromatic heterocycles. The van der Waals surface area contributed by atoms with Crippen LogP contribution in [0.2, 0.25) is 0 Å². The number of nitrogens with zero attached hydrogens (tertiary/aromatic N) is 2. The Bertz CT molecular complexity index is 1490. The first-order chi connectivity index (χ1) is 19.0. The van der Waals surface area contributed by atoms with E-state index in [1.54, 1.807) is 0 Å². The van der Waals surface area contributed by atoms with E-state index in [2.05, 4.69) is 44.2 Å². The molecule has 0 saturated carbocycles. The van der Waals surface area contributed by atoms with E-state index in [4.69, 9.17) is 15.3 Å². The predicted octanol–water partition coefficient (Wildman–Crippen LogP) is 5.90. The molecule has 0 aliphatic carbocycles. The van der Waals surface area contributed by atoms with Crippen molar-refractivity contribution in [3.63, 3.8) is 0 Å². The average Bonchev–Trinajstić information content (AvgIpc) is 3.79. The van der Waals surface area contributed by atoms with Crippen LogP contribution < -0.4 is 4.46 Å². The van der Waals surface area contributed by atoms with Gasteiger partial charge in [-0.1, -0.05) is 0 Å². The zero-order chi connectivity index (χ0) is 27.3. The van der Waals surface area contributed by atoms with Crippen molar-refractivity contribution in [2.75, 3.05) is 28.4 Å². The van der Waals surface area contributed by atoms with Gasteiger partial charge in [0.2, 0.25) is 0 Å². The molecule has 0 fully saturated rings. The zero-order valence-corrected chi connectivity index (χ0v) is 23.1. The molecule has 0 radical (unpaired) electrons. The van der Waals surface area contributed by atoms with E-state index < -0.39 is 13.1 Å². The summed E-state index contributed by atoms with van der Waals surface area (Å²) in [6, 6.07) is 25.7. The summed E-state index contributed by atoms with van der Waals surface area (Å²) in [6.07, 6.45) is 8.09. The van der Waals surface area contributed by atoms with Crippen molar-refractivity contribution in [3.05, 3.63) is 102 Å². The molecule has 206 valence electrons. The van der Waals surface area contributed by atoms with Crippen molar-refractivity contribution in [1.29, 1.82) is 0 Å². The van der Waals surface area contributed by atoms with Crippen LogP contribution in [0.15, 0.2) is 78.9 Å². The van der Waals surface area contributed by atoms with Crippen LogP contribution in [-0.4, -0.2) is 48.4 Å². The molecule has 0 atom stereocenters. The zero-order valence-electron chi connectivity index (χ0n) is 22.1. The van der Waals surface area contributed by atoms with Gasteiger partial charge in [-0.2, -0.15) is 0 Å². The number of H-pyrrole nitrogens is 2. The number of aromatic amines is 2. The molecule has 2 N–H and O–H groups in total. The molecule has 2 aliphatic heterocycles. The Labute approximate surface area is 228 Å². The molecular weight excluding hydrogens is 544 g/mol. The summed E-state index contributed by atoms with van der Waals surface area (Å²) in [5.41, 5.74) is 7.86. The SMILES string of the molecule is C1=Cc2cc3ccc(cc4nc(cc5ccc(cc1n2)[nH]5)C=C4)[nH]3.C[O][Cu]([O]C)([O]C)([O]C)[c]1ccccc1. The first-order valence-corrected chi connectivity index (χ1v) is 14.0. The summed E-state index contributed by atoms with van der Waals surface area (Å²) in [5.74, 6) is 0. The number of hydrogen-bond donors (Lipinski definition) is 2. The molecule has 5 heterocycles. The summed E-state index contributed by atoms with van der Waals surface area (Å²) in [4.78, 5) is 16.0. The topological polar surface area (TPSA) is 94.3 Å². The minimum absolute atomic E-state index is 0.736. The molecule has 9 heteroatoms. The van der Waals surface area contributed by atoms with Gasteiger partial charge in [-0.25, -0.2) is 9.97 Å². The molecule has 8 nitrogen and oxygen atoms in total. The Balaban J connectivity index is 0.000000179. The van der Waals surface area contributed by atoms with Crippen molar-refractivity contribution < 1.29 is 28.4 Å². The Morgan fingerprint density at radius 1 is 0.487 bits per heavy atom. The Kier molecular flexibility index (Phi) is 7.63. The molecule has 0 saturated heterocycles. The second-order valence-corrected chi connectivity index (χ2v) is 12.0. The summed E-state index contributed by atoms with van der Waals surface area (Å²) < 4.78 is 22.3. The van der Waals surface area contributed by atoms with Crippen LogP contribution in [0, 0.1) is 0 Å². The van der Waals surface area contributed by atoms with Crippen LogP contribution in [0.1, 0.15) is 22.8 Å². The van der Waals surface area contributed by atoms with Crippen molar-refractivity contribution in [2.45, 2.75) is 0 Å². The van der Waals surface area contributed by atoms with Gasteiger partial charge >= 0.3 is 91.6 Å². The van der Waals surface area contributed by atoms with Gasteiger partial charge in [0.25, 0.3) is 0 Å². The fourth-order valence-electron chi connectivity index (χ4n) is 4.09. The Morgan fingerprint density at radius 2 is 0.821 bits per heavy atom. The molecule has 0 unspecified atom stereocenters. The van der Waals surface area contributed by atoms with E-state index in [0.717, 1.165) is 49.3 Å². The van der Waals surface area contributed by atoms with Crippen molar-refractivity contribution in [3.8, 4) is 0 Å². The Morgan fingerprint density at radius 3 is 1.13 bits per heavy atom. The third kappa shape index (κ3) is 5.51. The quantitative estimate of drug-likeness (QED) is 0.249. The summed E-state index contributed by atoms with van der Waals surface area (Å²) in [6.45, 7) is 0. The van der Waals surface area contributed by atoms with E-state index >= 15 is 0 Å². The predicted molar refractivity (Wildman–Crippen MR) is 153 cm³/mol.